The number of thiophene rings is 1. The molecule has 0 unspecified atom stereocenters. The molecule has 2 fully saturated rings. The summed E-state index contributed by atoms with van der Waals surface area (Å²) < 4.78 is 35.8. The van der Waals surface area contributed by atoms with Crippen LogP contribution in [0.4, 0.5) is 31.7 Å². The Morgan fingerprint density at radius 3 is 2.49 bits per heavy atom. The number of fused-ring (bicyclic) bond motifs is 3. The van der Waals surface area contributed by atoms with Crippen molar-refractivity contribution >= 4 is 63.5 Å². The first kappa shape index (κ1) is 34.8. The molecule has 14 heteroatoms. The van der Waals surface area contributed by atoms with E-state index in [9.17, 15) is 18.8 Å². The number of nitrogens with zero attached hydrogens (tertiary/aromatic N) is 4. The van der Waals surface area contributed by atoms with Crippen molar-refractivity contribution in [2.75, 3.05) is 53.3 Å². The second kappa shape index (κ2) is 14.0. The zero-order chi connectivity index (χ0) is 36.9. The Morgan fingerprint density at radius 2 is 1.74 bits per heavy atom. The number of benzene rings is 2. The minimum absolute atomic E-state index is 0.0167. The third kappa shape index (κ3) is 6.53. The van der Waals surface area contributed by atoms with Crippen molar-refractivity contribution in [2.24, 2.45) is 5.41 Å². The second-order valence-corrected chi connectivity index (χ2v) is 15.0. The molecule has 8 rings (SSSR count). The zero-order valence-electron chi connectivity index (χ0n) is 28.5. The van der Waals surface area contributed by atoms with E-state index >= 15 is 4.39 Å². The fraction of sp³-hybridized carbons (Fsp3) is 0.256. The number of carbonyl (C=O) groups is 3. The van der Waals surface area contributed by atoms with Gasteiger partial charge in [0.15, 0.2) is 5.82 Å². The third-order valence-electron chi connectivity index (χ3n) is 10.0. The summed E-state index contributed by atoms with van der Waals surface area (Å²) in [6, 6.07) is 15.8. The molecular formula is C39H33ClF2N6O4S. The zero-order valence-corrected chi connectivity index (χ0v) is 30.1. The summed E-state index contributed by atoms with van der Waals surface area (Å²) in [7, 11) is 0. The van der Waals surface area contributed by atoms with Gasteiger partial charge in [-0.2, -0.15) is 0 Å². The lowest BCUT2D eigenvalue weighted by molar-refractivity contribution is -0.000511. The van der Waals surface area contributed by atoms with Crippen molar-refractivity contribution in [1.29, 1.82) is 0 Å². The molecule has 2 aromatic carbocycles. The molecule has 3 aromatic heterocycles. The van der Waals surface area contributed by atoms with Crippen molar-refractivity contribution in [3.05, 3.63) is 117 Å². The average molecular weight is 755 g/mol. The van der Waals surface area contributed by atoms with Crippen molar-refractivity contribution in [3.63, 3.8) is 0 Å². The van der Waals surface area contributed by atoms with E-state index in [0.29, 0.717) is 38.9 Å². The summed E-state index contributed by atoms with van der Waals surface area (Å²) in [5.41, 5.74) is 3.22. The quantitative estimate of drug-likeness (QED) is 0.182. The van der Waals surface area contributed by atoms with Gasteiger partial charge in [-0.05, 0) is 86.3 Å². The van der Waals surface area contributed by atoms with Crippen LogP contribution >= 0.6 is 22.9 Å². The lowest BCUT2D eigenvalue weighted by Gasteiger charge is -2.53. The molecule has 0 saturated carbocycles. The fourth-order valence-corrected chi connectivity index (χ4v) is 8.54. The number of para-hydroxylation sites is 1. The van der Waals surface area contributed by atoms with Gasteiger partial charge in [0, 0.05) is 67.5 Å². The van der Waals surface area contributed by atoms with Crippen LogP contribution in [-0.4, -0.2) is 60.5 Å². The molecule has 0 atom stereocenters. The minimum Gasteiger partial charge on any atom is -0.381 e. The van der Waals surface area contributed by atoms with Gasteiger partial charge in [-0.25, -0.2) is 13.8 Å². The number of aryl methyl sites for hydroxylation is 1. The summed E-state index contributed by atoms with van der Waals surface area (Å²) in [6.07, 6.45) is 5.40. The number of carbonyl (C=O) groups excluding carboxylic acids is 3. The average Bonchev–Trinajstić information content (AvgIpc) is 3.38. The standard InChI is InChI=1S/C39H33ClF2N6O4S/c1-22-18-26(35(44-19-22)47-20-39(21-47)12-16-52-17-13-39)36(49)45-24-9-7-23(8-10-24)38(51)48-15-11-25-30(42)34(53-33(25)32-29(48)6-3-14-43-32)37(50)46-31-27(40)4-2-5-28(31)41/h2-10,14,18-19H,11-13,15-17,20-21H2,1H3,(H,45,49)(H,46,50). The molecule has 3 amide bonds. The third-order valence-corrected chi connectivity index (χ3v) is 11.5. The largest absolute Gasteiger partial charge is 0.381 e. The number of hydrogen-bond acceptors (Lipinski definition) is 8. The van der Waals surface area contributed by atoms with Gasteiger partial charge in [0.1, 0.15) is 22.2 Å². The first-order valence-electron chi connectivity index (χ1n) is 17.2. The number of rotatable bonds is 6. The molecule has 10 nitrogen and oxygen atoms in total. The molecular weight excluding hydrogens is 722 g/mol. The monoisotopic (exact) mass is 754 g/mol. The molecule has 2 saturated heterocycles. The van der Waals surface area contributed by atoms with Gasteiger partial charge >= 0.3 is 0 Å². The summed E-state index contributed by atoms with van der Waals surface area (Å²) in [6.45, 7) is 5.18. The highest BCUT2D eigenvalue weighted by Gasteiger charge is 2.45. The van der Waals surface area contributed by atoms with E-state index < -0.39 is 17.5 Å². The number of aromatic nitrogens is 2. The van der Waals surface area contributed by atoms with Crippen molar-refractivity contribution < 1.29 is 27.9 Å². The van der Waals surface area contributed by atoms with Crippen LogP contribution in [0.25, 0.3) is 10.6 Å². The first-order chi connectivity index (χ1) is 25.6. The Hall–Kier alpha value is -5.24. The van der Waals surface area contributed by atoms with Crippen LogP contribution in [-0.2, 0) is 11.2 Å². The van der Waals surface area contributed by atoms with Crippen LogP contribution in [0.2, 0.25) is 5.02 Å². The fourth-order valence-electron chi connectivity index (χ4n) is 7.20. The summed E-state index contributed by atoms with van der Waals surface area (Å²) in [5.74, 6) is -2.34. The molecule has 1 spiro atoms. The van der Waals surface area contributed by atoms with Crippen LogP contribution in [0, 0.1) is 24.0 Å². The van der Waals surface area contributed by atoms with E-state index in [1.807, 2.05) is 13.0 Å². The molecule has 2 N–H and O–H groups in total. The Balaban J connectivity index is 0.991. The molecule has 3 aliphatic heterocycles. The van der Waals surface area contributed by atoms with E-state index in [1.54, 1.807) is 42.6 Å². The molecule has 0 radical (unpaired) electrons. The minimum atomic E-state index is -0.844. The number of amides is 3. The highest BCUT2D eigenvalue weighted by molar-refractivity contribution is 7.17. The van der Waals surface area contributed by atoms with Gasteiger partial charge < -0.3 is 25.2 Å². The number of ether oxygens (including phenoxy) is 1. The van der Waals surface area contributed by atoms with Crippen LogP contribution in [0.3, 0.4) is 0 Å². The number of hydrogen-bond donors (Lipinski definition) is 2. The maximum Gasteiger partial charge on any atom is 0.268 e. The van der Waals surface area contributed by atoms with E-state index in [0.717, 1.165) is 62.1 Å². The number of nitrogens with one attached hydrogen (secondary N) is 2. The van der Waals surface area contributed by atoms with Crippen LogP contribution < -0.4 is 20.4 Å². The van der Waals surface area contributed by atoms with Gasteiger partial charge in [-0.1, -0.05) is 17.7 Å². The van der Waals surface area contributed by atoms with Gasteiger partial charge in [0.25, 0.3) is 17.7 Å². The summed E-state index contributed by atoms with van der Waals surface area (Å²) >= 11 is 6.96. The maximum absolute atomic E-state index is 15.9. The van der Waals surface area contributed by atoms with Crippen molar-refractivity contribution in [1.82, 2.24) is 9.97 Å². The number of anilines is 4. The van der Waals surface area contributed by atoms with Gasteiger partial charge in [0.2, 0.25) is 0 Å². The van der Waals surface area contributed by atoms with Crippen molar-refractivity contribution in [3.8, 4) is 10.6 Å². The van der Waals surface area contributed by atoms with Crippen LogP contribution in [0.5, 0.6) is 0 Å². The molecule has 6 heterocycles. The summed E-state index contributed by atoms with van der Waals surface area (Å²) in [4.78, 5) is 53.7. The van der Waals surface area contributed by atoms with E-state index in [-0.39, 0.29) is 51.3 Å². The molecule has 0 aliphatic carbocycles. The lowest BCUT2D eigenvalue weighted by Crippen LogP contribution is -2.59. The Kier molecular flexibility index (Phi) is 9.17. The van der Waals surface area contributed by atoms with E-state index in [4.69, 9.17) is 16.3 Å². The normalized spacial score (nSPS) is 15.9. The predicted octanol–water partition coefficient (Wildman–Crippen LogP) is 7.77. The molecule has 5 aromatic rings. The SMILES string of the molecule is Cc1cnc(N2CC3(CCOCC3)C2)c(C(=O)Nc2ccc(C(=O)N3CCc4c(sc(C(=O)Nc5c(F)cccc5Cl)c4F)-c4ncccc43)cc2)c1. The van der Waals surface area contributed by atoms with Crippen molar-refractivity contribution in [2.45, 2.75) is 26.2 Å². The molecule has 270 valence electrons. The number of halogens is 3. The topological polar surface area (TPSA) is 117 Å². The Bertz CT molecular complexity index is 2250. The van der Waals surface area contributed by atoms with Crippen LogP contribution in [0.15, 0.2) is 73.1 Å². The first-order valence-corrected chi connectivity index (χ1v) is 18.3. The smallest absolute Gasteiger partial charge is 0.268 e. The predicted molar refractivity (Wildman–Crippen MR) is 200 cm³/mol. The Morgan fingerprint density at radius 1 is 0.962 bits per heavy atom. The van der Waals surface area contributed by atoms with Gasteiger partial charge in [0.05, 0.1) is 26.8 Å². The molecule has 0 bridgehead atoms. The van der Waals surface area contributed by atoms with E-state index in [1.165, 1.54) is 23.2 Å². The van der Waals surface area contributed by atoms with Crippen LogP contribution in [0.1, 0.15) is 54.4 Å². The highest BCUT2D eigenvalue weighted by atomic mass is 35.5. The molecule has 3 aliphatic rings. The van der Waals surface area contributed by atoms with Gasteiger partial charge in [-0.15, -0.1) is 11.3 Å². The van der Waals surface area contributed by atoms with Gasteiger partial charge in [-0.3, -0.25) is 19.4 Å². The van der Waals surface area contributed by atoms with E-state index in [2.05, 4.69) is 25.5 Å². The Labute approximate surface area is 312 Å². The second-order valence-electron chi connectivity index (χ2n) is 13.6. The lowest BCUT2D eigenvalue weighted by atomic mass is 9.73. The maximum atomic E-state index is 15.9. The molecule has 53 heavy (non-hydrogen) atoms. The highest BCUT2D eigenvalue weighted by Crippen LogP contribution is 2.44. The number of pyridine rings is 2. The summed E-state index contributed by atoms with van der Waals surface area (Å²) in [5, 5.41) is 5.33.